The summed E-state index contributed by atoms with van der Waals surface area (Å²) >= 11 is 4.87. The van der Waals surface area contributed by atoms with Crippen molar-refractivity contribution in [2.45, 2.75) is 51.6 Å². The molecule has 20 heavy (non-hydrogen) atoms. The maximum atomic E-state index is 12.6. The molecule has 116 valence electrons. The van der Waals surface area contributed by atoms with Gasteiger partial charge in [-0.3, -0.25) is 0 Å². The zero-order chi connectivity index (χ0) is 15.3. The fraction of sp³-hybridized carbons (Fsp3) is 0.692. The maximum Gasteiger partial charge on any atom is 0.245 e. The molecule has 0 bridgehead atoms. The molecule has 1 aromatic heterocycles. The van der Waals surface area contributed by atoms with Gasteiger partial charge >= 0.3 is 0 Å². The highest BCUT2D eigenvalue weighted by molar-refractivity contribution is 9.11. The number of nitrogens with zero attached hydrogens (tertiary/aromatic N) is 1. The first-order chi connectivity index (χ1) is 9.32. The Kier molecular flexibility index (Phi) is 7.14. The van der Waals surface area contributed by atoms with E-state index in [0.717, 1.165) is 11.3 Å². The molecule has 0 fully saturated rings. The molecule has 0 spiro atoms. The van der Waals surface area contributed by atoms with Crippen molar-refractivity contribution in [1.29, 1.82) is 0 Å². The van der Waals surface area contributed by atoms with Gasteiger partial charge in [0.25, 0.3) is 0 Å². The molecule has 1 aromatic rings. The Labute approximate surface area is 134 Å². The standard InChI is InChI=1S/C13H23BrN2O2S2/c1-5-7-16(6-2)20(17,18)12-8-11(19-13(12)14)9-15-10(3)4/h8,10,15H,5-7,9H2,1-4H3. The number of rotatable bonds is 8. The van der Waals surface area contributed by atoms with Crippen LogP contribution in [0.4, 0.5) is 0 Å². The molecule has 0 aromatic carbocycles. The van der Waals surface area contributed by atoms with E-state index in [1.165, 1.54) is 15.6 Å². The predicted molar refractivity (Wildman–Crippen MR) is 88.7 cm³/mol. The van der Waals surface area contributed by atoms with Gasteiger partial charge in [0.15, 0.2) is 0 Å². The molecule has 1 heterocycles. The lowest BCUT2D eigenvalue weighted by Crippen LogP contribution is -2.31. The van der Waals surface area contributed by atoms with Crippen LogP contribution in [0.25, 0.3) is 0 Å². The minimum absolute atomic E-state index is 0.378. The van der Waals surface area contributed by atoms with Gasteiger partial charge in [-0.05, 0) is 28.4 Å². The van der Waals surface area contributed by atoms with Crippen molar-refractivity contribution in [2.24, 2.45) is 0 Å². The lowest BCUT2D eigenvalue weighted by molar-refractivity contribution is 0.427. The van der Waals surface area contributed by atoms with E-state index in [2.05, 4.69) is 35.1 Å². The molecule has 7 heteroatoms. The van der Waals surface area contributed by atoms with Gasteiger partial charge in [-0.15, -0.1) is 11.3 Å². The third kappa shape index (κ3) is 4.53. The largest absolute Gasteiger partial charge is 0.310 e. The molecule has 0 aliphatic rings. The normalized spacial score (nSPS) is 12.6. The van der Waals surface area contributed by atoms with Crippen LogP contribution in [0.2, 0.25) is 0 Å². The van der Waals surface area contributed by atoms with Gasteiger partial charge in [0, 0.05) is 30.6 Å². The van der Waals surface area contributed by atoms with Gasteiger partial charge < -0.3 is 5.32 Å². The SMILES string of the molecule is CCCN(CC)S(=O)(=O)c1cc(CNC(C)C)sc1Br. The molecule has 0 radical (unpaired) electrons. The van der Waals surface area contributed by atoms with Crippen LogP contribution in [-0.4, -0.2) is 31.9 Å². The number of sulfonamides is 1. The van der Waals surface area contributed by atoms with Crippen molar-refractivity contribution in [3.63, 3.8) is 0 Å². The molecule has 0 saturated heterocycles. The van der Waals surface area contributed by atoms with Gasteiger partial charge in [0.05, 0.1) is 3.79 Å². The van der Waals surface area contributed by atoms with Crippen LogP contribution in [0.3, 0.4) is 0 Å². The minimum Gasteiger partial charge on any atom is -0.310 e. The van der Waals surface area contributed by atoms with Crippen LogP contribution in [0.5, 0.6) is 0 Å². The Morgan fingerprint density at radius 2 is 2.05 bits per heavy atom. The van der Waals surface area contributed by atoms with Crippen molar-refractivity contribution < 1.29 is 8.42 Å². The van der Waals surface area contributed by atoms with E-state index in [-0.39, 0.29) is 0 Å². The molecule has 4 nitrogen and oxygen atoms in total. The topological polar surface area (TPSA) is 49.4 Å². The highest BCUT2D eigenvalue weighted by atomic mass is 79.9. The Hall–Kier alpha value is 0.0500. The van der Waals surface area contributed by atoms with Crippen molar-refractivity contribution in [3.05, 3.63) is 14.7 Å². The second-order valence-electron chi connectivity index (χ2n) is 4.88. The summed E-state index contributed by atoms with van der Waals surface area (Å²) in [6, 6.07) is 2.15. The van der Waals surface area contributed by atoms with Crippen molar-refractivity contribution >= 4 is 37.3 Å². The predicted octanol–water partition coefficient (Wildman–Crippen LogP) is 3.43. The third-order valence-electron chi connectivity index (χ3n) is 2.83. The van der Waals surface area contributed by atoms with Gasteiger partial charge in [-0.25, -0.2) is 8.42 Å². The Morgan fingerprint density at radius 3 is 2.55 bits per heavy atom. The van der Waals surface area contributed by atoms with E-state index in [9.17, 15) is 8.42 Å². The lowest BCUT2D eigenvalue weighted by atomic mass is 10.4. The van der Waals surface area contributed by atoms with Gasteiger partial charge in [-0.1, -0.05) is 27.7 Å². The molecule has 0 saturated carbocycles. The summed E-state index contributed by atoms with van der Waals surface area (Å²) in [4.78, 5) is 1.41. The summed E-state index contributed by atoms with van der Waals surface area (Å²) in [5.41, 5.74) is 0. The number of halogens is 1. The molecule has 0 amide bonds. The van der Waals surface area contributed by atoms with E-state index in [1.54, 1.807) is 6.07 Å². The molecule has 0 aliphatic heterocycles. The summed E-state index contributed by atoms with van der Waals surface area (Å²) in [5.74, 6) is 0. The van der Waals surface area contributed by atoms with Crippen LogP contribution < -0.4 is 5.32 Å². The Morgan fingerprint density at radius 1 is 1.40 bits per heavy atom. The fourth-order valence-corrected chi connectivity index (χ4v) is 5.93. The smallest absolute Gasteiger partial charge is 0.245 e. The van der Waals surface area contributed by atoms with Crippen LogP contribution >= 0.6 is 27.3 Å². The monoisotopic (exact) mass is 382 g/mol. The number of nitrogens with one attached hydrogen (secondary N) is 1. The molecule has 0 unspecified atom stereocenters. The summed E-state index contributed by atoms with van der Waals surface area (Å²) in [6.45, 7) is 9.74. The van der Waals surface area contributed by atoms with Gasteiger partial charge in [0.2, 0.25) is 10.0 Å². The second-order valence-corrected chi connectivity index (χ2v) is 9.24. The average molecular weight is 383 g/mol. The van der Waals surface area contributed by atoms with E-state index in [0.29, 0.717) is 34.4 Å². The summed E-state index contributed by atoms with van der Waals surface area (Å²) in [6.07, 6.45) is 0.816. The molecule has 0 aliphatic carbocycles. The Bertz CT molecular complexity index is 526. The molecule has 0 atom stereocenters. The zero-order valence-corrected chi connectivity index (χ0v) is 15.7. The van der Waals surface area contributed by atoms with Crippen LogP contribution in [-0.2, 0) is 16.6 Å². The van der Waals surface area contributed by atoms with E-state index in [1.807, 2.05) is 13.8 Å². The van der Waals surface area contributed by atoms with Crippen molar-refractivity contribution in [1.82, 2.24) is 9.62 Å². The Balaban J connectivity index is 3.00. The van der Waals surface area contributed by atoms with E-state index < -0.39 is 10.0 Å². The average Bonchev–Trinajstić information content (AvgIpc) is 2.75. The molecular weight excluding hydrogens is 360 g/mol. The molecular formula is C13H23BrN2O2S2. The number of hydrogen-bond acceptors (Lipinski definition) is 4. The fourth-order valence-electron chi connectivity index (χ4n) is 1.80. The second kappa shape index (κ2) is 7.89. The van der Waals surface area contributed by atoms with Crippen LogP contribution in [0.15, 0.2) is 14.7 Å². The first kappa shape index (κ1) is 18.1. The maximum absolute atomic E-state index is 12.6. The summed E-state index contributed by atoms with van der Waals surface area (Å²) in [7, 11) is -3.39. The molecule has 1 N–H and O–H groups in total. The summed E-state index contributed by atoms with van der Waals surface area (Å²) in [5, 5.41) is 3.30. The van der Waals surface area contributed by atoms with Gasteiger partial charge in [0.1, 0.15) is 4.90 Å². The number of thiophene rings is 1. The highest BCUT2D eigenvalue weighted by Crippen LogP contribution is 2.33. The zero-order valence-electron chi connectivity index (χ0n) is 12.4. The van der Waals surface area contributed by atoms with Gasteiger partial charge in [-0.2, -0.15) is 4.31 Å². The minimum atomic E-state index is -3.39. The van der Waals surface area contributed by atoms with E-state index >= 15 is 0 Å². The lowest BCUT2D eigenvalue weighted by Gasteiger charge is -2.19. The first-order valence-electron chi connectivity index (χ1n) is 6.84. The van der Waals surface area contributed by atoms with Crippen molar-refractivity contribution in [2.75, 3.05) is 13.1 Å². The number of hydrogen-bond donors (Lipinski definition) is 1. The first-order valence-corrected chi connectivity index (χ1v) is 9.89. The van der Waals surface area contributed by atoms with Crippen molar-refractivity contribution in [3.8, 4) is 0 Å². The quantitative estimate of drug-likeness (QED) is 0.748. The summed E-state index contributed by atoms with van der Waals surface area (Å²) < 4.78 is 27.4. The third-order valence-corrected chi connectivity index (χ3v) is 7.06. The molecule has 1 rings (SSSR count). The van der Waals surface area contributed by atoms with Crippen LogP contribution in [0, 0.1) is 0 Å². The van der Waals surface area contributed by atoms with E-state index in [4.69, 9.17) is 0 Å². The van der Waals surface area contributed by atoms with Crippen LogP contribution in [0.1, 0.15) is 39.0 Å². The highest BCUT2D eigenvalue weighted by Gasteiger charge is 2.26.